The maximum absolute atomic E-state index is 12.3. The van der Waals surface area contributed by atoms with Crippen LogP contribution in [0.2, 0.25) is 0 Å². The fraction of sp³-hybridized carbons (Fsp3) is 0.429. The Labute approximate surface area is 159 Å². The van der Waals surface area contributed by atoms with Gasteiger partial charge < -0.3 is 10.6 Å². The first-order chi connectivity index (χ1) is 13.2. The average molecular weight is 366 g/mol. The minimum atomic E-state index is 0.0272. The predicted octanol–water partition coefficient (Wildman–Crippen LogP) is 2.26. The van der Waals surface area contributed by atoms with E-state index >= 15 is 0 Å². The van der Waals surface area contributed by atoms with Gasteiger partial charge in [0.1, 0.15) is 0 Å². The summed E-state index contributed by atoms with van der Waals surface area (Å²) in [5, 5.41) is 6.02. The third kappa shape index (κ3) is 6.16. The Morgan fingerprint density at radius 1 is 0.926 bits per heavy atom. The van der Waals surface area contributed by atoms with Gasteiger partial charge in [-0.3, -0.25) is 19.6 Å². The molecule has 2 amide bonds. The molecular formula is C21H26N4O2. The number of pyridine rings is 2. The molecule has 0 atom stereocenters. The number of nitrogens with zero attached hydrogens (tertiary/aromatic N) is 2. The number of carbonyl (C=O) groups is 2. The Kier molecular flexibility index (Phi) is 6.90. The van der Waals surface area contributed by atoms with Crippen molar-refractivity contribution in [1.29, 1.82) is 0 Å². The Bertz CT molecular complexity index is 728. The van der Waals surface area contributed by atoms with Gasteiger partial charge in [0.05, 0.1) is 6.42 Å². The molecular weight excluding hydrogens is 340 g/mol. The molecule has 6 heteroatoms. The lowest BCUT2D eigenvalue weighted by Gasteiger charge is -2.28. The van der Waals surface area contributed by atoms with Gasteiger partial charge >= 0.3 is 0 Å². The molecule has 1 fully saturated rings. The smallest absolute Gasteiger partial charge is 0.224 e. The van der Waals surface area contributed by atoms with Crippen molar-refractivity contribution in [2.75, 3.05) is 6.54 Å². The summed E-state index contributed by atoms with van der Waals surface area (Å²) in [6.07, 6.45) is 11.0. The lowest BCUT2D eigenvalue weighted by molar-refractivity contribution is -0.126. The average Bonchev–Trinajstić information content (AvgIpc) is 2.72. The zero-order chi connectivity index (χ0) is 18.9. The Hall–Kier alpha value is -2.76. The minimum Gasteiger partial charge on any atom is -0.356 e. The molecule has 1 aliphatic rings. The maximum atomic E-state index is 12.3. The lowest BCUT2D eigenvalue weighted by atomic mass is 9.81. The summed E-state index contributed by atoms with van der Waals surface area (Å²) >= 11 is 0. The second-order valence-corrected chi connectivity index (χ2v) is 7.14. The Balaban J connectivity index is 1.33. The van der Waals surface area contributed by atoms with Crippen LogP contribution in [0.25, 0.3) is 0 Å². The molecule has 0 saturated heterocycles. The highest BCUT2D eigenvalue weighted by atomic mass is 16.2. The van der Waals surface area contributed by atoms with Gasteiger partial charge in [0, 0.05) is 43.8 Å². The highest BCUT2D eigenvalue weighted by Gasteiger charge is 2.26. The number of hydrogen-bond acceptors (Lipinski definition) is 4. The largest absolute Gasteiger partial charge is 0.356 e. The van der Waals surface area contributed by atoms with Crippen LogP contribution in [0, 0.1) is 11.8 Å². The third-order valence-corrected chi connectivity index (χ3v) is 5.08. The van der Waals surface area contributed by atoms with Crippen LogP contribution in [0.3, 0.4) is 0 Å². The van der Waals surface area contributed by atoms with Crippen LogP contribution in [-0.4, -0.2) is 28.3 Å². The van der Waals surface area contributed by atoms with Crippen LogP contribution in [0.5, 0.6) is 0 Å². The first kappa shape index (κ1) is 19.0. The van der Waals surface area contributed by atoms with Gasteiger partial charge in [-0.05, 0) is 54.9 Å². The van der Waals surface area contributed by atoms with Crippen LogP contribution >= 0.6 is 0 Å². The monoisotopic (exact) mass is 366 g/mol. The molecule has 0 radical (unpaired) electrons. The highest BCUT2D eigenvalue weighted by molar-refractivity contribution is 5.79. The van der Waals surface area contributed by atoms with Gasteiger partial charge in [-0.25, -0.2) is 0 Å². The number of aromatic nitrogens is 2. The molecule has 0 spiro atoms. The van der Waals surface area contributed by atoms with Crippen molar-refractivity contribution in [2.45, 2.75) is 38.6 Å². The molecule has 0 aromatic carbocycles. The van der Waals surface area contributed by atoms with Crippen LogP contribution in [0.4, 0.5) is 0 Å². The highest BCUT2D eigenvalue weighted by Crippen LogP contribution is 2.28. The van der Waals surface area contributed by atoms with E-state index in [2.05, 4.69) is 20.6 Å². The van der Waals surface area contributed by atoms with Crippen molar-refractivity contribution in [3.8, 4) is 0 Å². The molecule has 1 saturated carbocycles. The number of hydrogen-bond donors (Lipinski definition) is 2. The van der Waals surface area contributed by atoms with Crippen molar-refractivity contribution < 1.29 is 9.59 Å². The lowest BCUT2D eigenvalue weighted by Crippen LogP contribution is -2.36. The van der Waals surface area contributed by atoms with Gasteiger partial charge in [-0.2, -0.15) is 0 Å². The fourth-order valence-electron chi connectivity index (χ4n) is 3.47. The van der Waals surface area contributed by atoms with E-state index in [-0.39, 0.29) is 17.7 Å². The first-order valence-corrected chi connectivity index (χ1v) is 9.53. The van der Waals surface area contributed by atoms with Crippen molar-refractivity contribution in [3.63, 3.8) is 0 Å². The van der Waals surface area contributed by atoms with Crippen molar-refractivity contribution >= 4 is 11.8 Å². The summed E-state index contributed by atoms with van der Waals surface area (Å²) in [5.74, 6) is 0.673. The Morgan fingerprint density at radius 2 is 1.59 bits per heavy atom. The van der Waals surface area contributed by atoms with Gasteiger partial charge in [-0.15, -0.1) is 0 Å². The van der Waals surface area contributed by atoms with E-state index in [0.29, 0.717) is 25.4 Å². The quantitative estimate of drug-likeness (QED) is 0.787. The normalized spacial score (nSPS) is 19.3. The standard InChI is InChI=1S/C21H26N4O2/c26-20(11-17-3-1-9-22-12-17)24-14-16-5-7-19(8-6-16)21(27)25-15-18-4-2-10-23-13-18/h1-4,9-10,12-13,16,19H,5-8,11,14-15H2,(H,24,26)(H,25,27). The summed E-state index contributed by atoms with van der Waals surface area (Å²) in [6.45, 7) is 1.21. The van der Waals surface area contributed by atoms with Crippen molar-refractivity contribution in [3.05, 3.63) is 60.2 Å². The van der Waals surface area contributed by atoms with Gasteiger partial charge in [-0.1, -0.05) is 12.1 Å². The van der Waals surface area contributed by atoms with E-state index in [4.69, 9.17) is 0 Å². The topological polar surface area (TPSA) is 84.0 Å². The molecule has 3 rings (SSSR count). The Morgan fingerprint density at radius 3 is 2.22 bits per heavy atom. The molecule has 2 N–H and O–H groups in total. The number of nitrogens with one attached hydrogen (secondary N) is 2. The number of carbonyl (C=O) groups excluding carboxylic acids is 2. The van der Waals surface area contributed by atoms with Crippen LogP contribution in [-0.2, 0) is 22.6 Å². The van der Waals surface area contributed by atoms with Crippen molar-refractivity contribution in [1.82, 2.24) is 20.6 Å². The molecule has 142 valence electrons. The summed E-state index contributed by atoms with van der Waals surface area (Å²) in [5.41, 5.74) is 1.93. The first-order valence-electron chi connectivity index (χ1n) is 9.53. The molecule has 0 unspecified atom stereocenters. The minimum absolute atomic E-state index is 0.0272. The van der Waals surface area contributed by atoms with E-state index in [9.17, 15) is 9.59 Å². The summed E-state index contributed by atoms with van der Waals surface area (Å²) in [4.78, 5) is 32.5. The van der Waals surface area contributed by atoms with E-state index in [1.807, 2.05) is 24.3 Å². The van der Waals surface area contributed by atoms with E-state index in [0.717, 1.165) is 36.8 Å². The maximum Gasteiger partial charge on any atom is 0.224 e. The van der Waals surface area contributed by atoms with E-state index in [1.165, 1.54) is 0 Å². The fourth-order valence-corrected chi connectivity index (χ4v) is 3.47. The summed E-state index contributed by atoms with van der Waals surface area (Å²) < 4.78 is 0. The summed E-state index contributed by atoms with van der Waals surface area (Å²) in [7, 11) is 0. The van der Waals surface area contributed by atoms with E-state index < -0.39 is 0 Å². The number of amides is 2. The van der Waals surface area contributed by atoms with E-state index in [1.54, 1.807) is 24.8 Å². The third-order valence-electron chi connectivity index (χ3n) is 5.08. The molecule has 0 bridgehead atoms. The molecule has 27 heavy (non-hydrogen) atoms. The zero-order valence-electron chi connectivity index (χ0n) is 15.4. The molecule has 2 aromatic rings. The molecule has 2 heterocycles. The second-order valence-electron chi connectivity index (χ2n) is 7.14. The zero-order valence-corrected chi connectivity index (χ0v) is 15.4. The summed E-state index contributed by atoms with van der Waals surface area (Å²) in [6, 6.07) is 7.57. The molecule has 1 aliphatic carbocycles. The van der Waals surface area contributed by atoms with Crippen LogP contribution in [0.15, 0.2) is 49.1 Å². The predicted molar refractivity (Wildman–Crippen MR) is 102 cm³/mol. The second kappa shape index (κ2) is 9.80. The van der Waals surface area contributed by atoms with Gasteiger partial charge in [0.25, 0.3) is 0 Å². The van der Waals surface area contributed by atoms with Gasteiger partial charge in [0.15, 0.2) is 0 Å². The van der Waals surface area contributed by atoms with Gasteiger partial charge in [0.2, 0.25) is 11.8 Å². The SMILES string of the molecule is O=C(Cc1cccnc1)NCC1CCC(C(=O)NCc2cccnc2)CC1. The van der Waals surface area contributed by atoms with Crippen LogP contribution in [0.1, 0.15) is 36.8 Å². The van der Waals surface area contributed by atoms with Crippen LogP contribution < -0.4 is 10.6 Å². The molecule has 2 aromatic heterocycles. The molecule has 6 nitrogen and oxygen atoms in total. The number of rotatable bonds is 7. The van der Waals surface area contributed by atoms with Crippen molar-refractivity contribution in [2.24, 2.45) is 11.8 Å². The molecule has 0 aliphatic heterocycles.